The van der Waals surface area contributed by atoms with Crippen molar-refractivity contribution in [1.82, 2.24) is 19.9 Å². The largest absolute Gasteiger partial charge is 0.493 e. The number of fused-ring (bicyclic) bond motifs is 2. The molecule has 19 aromatic rings. The monoisotopic (exact) mass is 1910 g/mol. The second kappa shape index (κ2) is 35.9. The van der Waals surface area contributed by atoms with Crippen molar-refractivity contribution in [3.63, 3.8) is 0 Å². The molecule has 2 radical (unpaired) electrons. The van der Waals surface area contributed by atoms with Crippen LogP contribution in [0, 0.1) is 55.9 Å². The van der Waals surface area contributed by atoms with Crippen LogP contribution >= 0.6 is 0 Å². The molecule has 122 heavy (non-hydrogen) atoms. The number of pyridine rings is 2. The third kappa shape index (κ3) is 16.2. The number of hydrogen-bond donors (Lipinski definition) is 0. The molecule has 0 N–H and O–H groups in total. The first-order valence-electron chi connectivity index (χ1n) is 39.9. The van der Waals surface area contributed by atoms with E-state index < -0.39 is 0 Å². The van der Waals surface area contributed by atoms with Gasteiger partial charge in [0.05, 0.1) is 0 Å². The Labute approximate surface area is 739 Å². The Morgan fingerprint density at radius 3 is 0.967 bits per heavy atom. The molecule has 21 rings (SSSR count). The number of rotatable bonds is 17. The fourth-order valence-electron chi connectivity index (χ4n) is 16.2. The van der Waals surface area contributed by atoms with E-state index in [2.05, 4.69) is 441 Å². The first-order chi connectivity index (χ1) is 59.5. The summed E-state index contributed by atoms with van der Waals surface area (Å²) in [5, 5.41) is 0. The van der Waals surface area contributed by atoms with Crippen LogP contribution in [0.15, 0.2) is 419 Å². The molecule has 0 saturated carbocycles. The standard InChI is InChI=1S/C56H38N4.C56H33N4.2Ir/c1-3-18-45(19-4-1)57-39-59(55-28-13-11-26-53(55)57)47-34-30-41(31-35-47)49-22-7-9-24-51(49)43-16-15-17-44(38-43)52-25-10-8-23-50(52)42-32-36-48(37-33-42)60-40-58(46-20-5-2-6-21-46)54-27-12-14-29-56(54)60;1-4-15-52(49(12-1)40-21-19-39(20-22-40)45-11-9-31-57-38-45)46-35-47(53-16-5-2-13-50(53)41-23-27-43(28-24-41)55-18-7-8-32-58-55)37-48(36-46)54-17-6-3-14-51(54)42-25-29-44(30-26-42)56-59-33-10-34-60-56;;/h1-34,36,38-40H;1-19,21-27,31-37H;;/q-4;-5;;. The van der Waals surface area contributed by atoms with E-state index in [1.54, 1.807) is 18.6 Å². The summed E-state index contributed by atoms with van der Waals surface area (Å²) in [6.45, 7) is 4.31. The number of anilines is 8. The molecule has 2 aliphatic heterocycles. The Morgan fingerprint density at radius 2 is 0.574 bits per heavy atom. The minimum absolute atomic E-state index is 0. The summed E-state index contributed by atoms with van der Waals surface area (Å²) in [7, 11) is 0. The minimum atomic E-state index is 0. The molecule has 3 aromatic heterocycles. The second-order valence-electron chi connectivity index (χ2n) is 29.2. The van der Waals surface area contributed by atoms with Crippen molar-refractivity contribution in [3.8, 4) is 145 Å². The Balaban J connectivity index is 0.000000164. The van der Waals surface area contributed by atoms with Gasteiger partial charge in [-0.1, -0.05) is 258 Å². The molecule has 0 unspecified atom stereocenters. The zero-order valence-electron chi connectivity index (χ0n) is 65.7. The summed E-state index contributed by atoms with van der Waals surface area (Å²) in [5.74, 6) is 0.596. The fraction of sp³-hybridized carbons (Fsp3) is 0. The van der Waals surface area contributed by atoms with E-state index in [0.29, 0.717) is 5.82 Å². The van der Waals surface area contributed by atoms with Gasteiger partial charge in [-0.05, 0) is 152 Å². The molecule has 2 aliphatic rings. The van der Waals surface area contributed by atoms with Gasteiger partial charge in [-0.2, -0.15) is 60.2 Å². The number of benzene rings is 16. The van der Waals surface area contributed by atoms with Crippen molar-refractivity contribution in [2.75, 3.05) is 19.6 Å². The van der Waals surface area contributed by atoms with Crippen molar-refractivity contribution in [1.29, 1.82) is 0 Å². The quantitative estimate of drug-likeness (QED) is 0.0836. The summed E-state index contributed by atoms with van der Waals surface area (Å²) in [4.78, 5) is 26.4. The Bertz CT molecular complexity index is 6280. The SMILES string of the molecule is [Ir].[Ir].[c-]1cc(-c2ccccc2-c2cc(-c3ccccc3-c3c[c-]c(-c4[c-]nccc4)cc3)cc(-c3ccccc3-c3c[c-]c(-c4ccccn4)cc3)c2)c[c-]c1-c1ncccn1.[c-]1cc(-c2ccccc2-c2cccc(-c3ccccc3-c3c[c-]c(N4[CH-]N(c5ccccc5)c5ccccc54)cc3)c2)ccc1N1[CH-]N(c2ccccc2)c2ccccc21. The number of aromatic nitrogens is 4. The molecule has 0 saturated heterocycles. The first-order valence-corrected chi connectivity index (χ1v) is 39.9. The number of nitrogens with zero attached hydrogens (tertiary/aromatic N) is 8. The molecule has 0 bridgehead atoms. The van der Waals surface area contributed by atoms with Gasteiger partial charge in [-0.3, -0.25) is 12.1 Å². The van der Waals surface area contributed by atoms with Gasteiger partial charge in [0, 0.05) is 92.9 Å². The van der Waals surface area contributed by atoms with Crippen molar-refractivity contribution in [3.05, 3.63) is 475 Å². The predicted octanol–water partition coefficient (Wildman–Crippen LogP) is 28.0. The van der Waals surface area contributed by atoms with Crippen LogP contribution in [0.1, 0.15) is 0 Å². The first kappa shape index (κ1) is 78.6. The van der Waals surface area contributed by atoms with Crippen LogP contribution in [0.25, 0.3) is 145 Å². The van der Waals surface area contributed by atoms with E-state index in [1.165, 1.54) is 22.3 Å². The van der Waals surface area contributed by atoms with Crippen LogP contribution in [0.3, 0.4) is 0 Å². The third-order valence-electron chi connectivity index (χ3n) is 22.0. The Hall–Kier alpha value is -14.6. The van der Waals surface area contributed by atoms with Gasteiger partial charge >= 0.3 is 0 Å². The molecule has 0 spiro atoms. The van der Waals surface area contributed by atoms with E-state index in [0.717, 1.165) is 162 Å². The van der Waals surface area contributed by atoms with Crippen LogP contribution in [-0.4, -0.2) is 19.9 Å². The molecular formula is C112H71Ir2N8-9. The normalized spacial score (nSPS) is 11.8. The van der Waals surface area contributed by atoms with Crippen molar-refractivity contribution < 1.29 is 40.2 Å². The van der Waals surface area contributed by atoms with Gasteiger partial charge in [0.25, 0.3) is 0 Å². The maximum atomic E-state index is 4.54. The van der Waals surface area contributed by atoms with Crippen molar-refractivity contribution in [2.45, 2.75) is 0 Å². The van der Waals surface area contributed by atoms with Crippen LogP contribution in [0.4, 0.5) is 45.5 Å². The van der Waals surface area contributed by atoms with Crippen LogP contribution in [-0.2, 0) is 40.2 Å². The average molecular weight is 1910 g/mol. The number of hydrogen-bond acceptors (Lipinski definition) is 8. The summed E-state index contributed by atoms with van der Waals surface area (Å²) in [6, 6.07) is 159. The van der Waals surface area contributed by atoms with Gasteiger partial charge in [0.2, 0.25) is 0 Å². The van der Waals surface area contributed by atoms with Gasteiger partial charge < -0.3 is 39.5 Å². The minimum Gasteiger partial charge on any atom is -0.493 e. The van der Waals surface area contributed by atoms with Gasteiger partial charge in [0.1, 0.15) is 0 Å². The van der Waals surface area contributed by atoms with Crippen molar-refractivity contribution >= 4 is 45.5 Å². The Kier molecular flexibility index (Phi) is 23.1. The summed E-state index contributed by atoms with van der Waals surface area (Å²) < 4.78 is 0. The fourth-order valence-corrected chi connectivity index (χ4v) is 16.2. The molecule has 10 heteroatoms. The maximum Gasteiger partial charge on any atom is 0.0344 e. The molecule has 0 aliphatic carbocycles. The molecular weight excluding hydrogens is 1840 g/mol. The molecule has 8 nitrogen and oxygen atoms in total. The predicted molar refractivity (Wildman–Crippen MR) is 490 cm³/mol. The third-order valence-corrected chi connectivity index (χ3v) is 22.0. The molecule has 5 heterocycles. The molecule has 0 atom stereocenters. The summed E-state index contributed by atoms with van der Waals surface area (Å²) >= 11 is 0. The van der Waals surface area contributed by atoms with Crippen molar-refractivity contribution in [2.24, 2.45) is 0 Å². The molecule has 0 amide bonds. The smallest absolute Gasteiger partial charge is 0.0344 e. The summed E-state index contributed by atoms with van der Waals surface area (Å²) in [5.41, 5.74) is 35.5. The molecule has 0 fully saturated rings. The van der Waals surface area contributed by atoms with E-state index in [4.69, 9.17) is 0 Å². The van der Waals surface area contributed by atoms with E-state index >= 15 is 0 Å². The second-order valence-corrected chi connectivity index (χ2v) is 29.2. The number of para-hydroxylation sites is 6. The van der Waals surface area contributed by atoms with Crippen LogP contribution in [0.5, 0.6) is 0 Å². The van der Waals surface area contributed by atoms with Gasteiger partial charge in [0.15, 0.2) is 0 Å². The topological polar surface area (TPSA) is 64.5 Å². The molecule has 16 aromatic carbocycles. The van der Waals surface area contributed by atoms with E-state index in [-0.39, 0.29) is 40.2 Å². The van der Waals surface area contributed by atoms with Gasteiger partial charge in [-0.15, -0.1) is 102 Å². The van der Waals surface area contributed by atoms with Gasteiger partial charge in [-0.25, -0.2) is 28.8 Å². The van der Waals surface area contributed by atoms with Crippen LogP contribution < -0.4 is 19.6 Å². The van der Waals surface area contributed by atoms with E-state index in [9.17, 15) is 0 Å². The molecule has 586 valence electrons. The zero-order chi connectivity index (χ0) is 79.9. The summed E-state index contributed by atoms with van der Waals surface area (Å²) in [6.07, 6.45) is 10.1. The Morgan fingerprint density at radius 1 is 0.221 bits per heavy atom. The van der Waals surface area contributed by atoms with E-state index in [1.807, 2.05) is 54.7 Å². The zero-order valence-corrected chi connectivity index (χ0v) is 70.5. The average Bonchev–Trinajstić information content (AvgIpc) is 1.74. The maximum absolute atomic E-state index is 4.54. The van der Waals surface area contributed by atoms with Crippen LogP contribution in [0.2, 0.25) is 0 Å².